The van der Waals surface area contributed by atoms with Crippen molar-refractivity contribution in [2.75, 3.05) is 11.9 Å². The zero-order valence-electron chi connectivity index (χ0n) is 12.6. The molecule has 1 aromatic heterocycles. The summed E-state index contributed by atoms with van der Waals surface area (Å²) in [6.45, 7) is 2.09. The van der Waals surface area contributed by atoms with E-state index in [0.717, 1.165) is 17.8 Å². The number of anilines is 2. The Morgan fingerprint density at radius 1 is 1.14 bits per heavy atom. The second-order valence-electron chi connectivity index (χ2n) is 5.18. The maximum absolute atomic E-state index is 12.1. The van der Waals surface area contributed by atoms with Crippen molar-refractivity contribution in [3.63, 3.8) is 0 Å². The summed E-state index contributed by atoms with van der Waals surface area (Å²) in [5.41, 5.74) is 2.48. The van der Waals surface area contributed by atoms with E-state index in [-0.39, 0.29) is 18.6 Å². The number of nitrogens with zero attached hydrogens (tertiary/aromatic N) is 1. The molecule has 0 radical (unpaired) electrons. The SMILES string of the molecule is CC(CCCO)NC(=O)c1ccc(Nc2ccncc2)cc1. The second-order valence-corrected chi connectivity index (χ2v) is 5.18. The molecule has 1 heterocycles. The molecule has 1 aromatic carbocycles. The number of hydrogen-bond donors (Lipinski definition) is 3. The van der Waals surface area contributed by atoms with Crippen LogP contribution in [0.2, 0.25) is 0 Å². The van der Waals surface area contributed by atoms with E-state index < -0.39 is 0 Å². The molecule has 0 saturated heterocycles. The number of benzene rings is 1. The van der Waals surface area contributed by atoms with Crippen molar-refractivity contribution in [2.24, 2.45) is 0 Å². The summed E-state index contributed by atoms with van der Waals surface area (Å²) in [7, 11) is 0. The summed E-state index contributed by atoms with van der Waals surface area (Å²) in [6, 6.07) is 11.1. The first kappa shape index (κ1) is 16.0. The fourth-order valence-corrected chi connectivity index (χ4v) is 2.08. The van der Waals surface area contributed by atoms with E-state index in [9.17, 15) is 4.79 Å². The molecule has 0 spiro atoms. The number of hydrogen-bond acceptors (Lipinski definition) is 4. The van der Waals surface area contributed by atoms with Crippen molar-refractivity contribution in [3.8, 4) is 0 Å². The molecule has 0 aliphatic rings. The number of aliphatic hydroxyl groups excluding tert-OH is 1. The molecule has 116 valence electrons. The lowest BCUT2D eigenvalue weighted by Crippen LogP contribution is -2.32. The largest absolute Gasteiger partial charge is 0.396 e. The molecule has 22 heavy (non-hydrogen) atoms. The van der Waals surface area contributed by atoms with Gasteiger partial charge in [0.1, 0.15) is 0 Å². The standard InChI is InChI=1S/C17H21N3O2/c1-13(3-2-12-21)19-17(22)14-4-6-15(7-5-14)20-16-8-10-18-11-9-16/h4-11,13,21H,2-3,12H2,1H3,(H,18,20)(H,19,22). The third-order valence-electron chi connectivity index (χ3n) is 3.29. The third kappa shape index (κ3) is 4.86. The van der Waals surface area contributed by atoms with E-state index in [2.05, 4.69) is 15.6 Å². The van der Waals surface area contributed by atoms with Gasteiger partial charge in [0.15, 0.2) is 0 Å². The van der Waals surface area contributed by atoms with Gasteiger partial charge in [-0.25, -0.2) is 0 Å². The molecular formula is C17H21N3O2. The van der Waals surface area contributed by atoms with Crippen LogP contribution < -0.4 is 10.6 Å². The minimum atomic E-state index is -0.0964. The molecule has 1 unspecified atom stereocenters. The van der Waals surface area contributed by atoms with Crippen molar-refractivity contribution in [2.45, 2.75) is 25.8 Å². The molecule has 1 atom stereocenters. The Kier molecular flexibility index (Phi) is 5.91. The van der Waals surface area contributed by atoms with Crippen LogP contribution in [-0.2, 0) is 0 Å². The molecule has 2 aromatic rings. The first-order valence-electron chi connectivity index (χ1n) is 7.38. The lowest BCUT2D eigenvalue weighted by molar-refractivity contribution is 0.0936. The molecule has 0 bridgehead atoms. The van der Waals surface area contributed by atoms with Crippen LogP contribution in [0.1, 0.15) is 30.1 Å². The van der Waals surface area contributed by atoms with E-state index in [0.29, 0.717) is 12.0 Å². The van der Waals surface area contributed by atoms with Gasteiger partial charge in [-0.1, -0.05) is 0 Å². The molecule has 0 aliphatic heterocycles. The smallest absolute Gasteiger partial charge is 0.251 e. The number of aliphatic hydroxyl groups is 1. The van der Waals surface area contributed by atoms with Crippen LogP contribution in [0, 0.1) is 0 Å². The quantitative estimate of drug-likeness (QED) is 0.735. The third-order valence-corrected chi connectivity index (χ3v) is 3.29. The summed E-state index contributed by atoms with van der Waals surface area (Å²) < 4.78 is 0. The minimum absolute atomic E-state index is 0.0503. The highest BCUT2D eigenvalue weighted by atomic mass is 16.3. The number of aromatic nitrogens is 1. The summed E-state index contributed by atoms with van der Waals surface area (Å²) in [6.07, 6.45) is 4.90. The van der Waals surface area contributed by atoms with Crippen LogP contribution in [-0.4, -0.2) is 28.6 Å². The van der Waals surface area contributed by atoms with E-state index >= 15 is 0 Å². The predicted molar refractivity (Wildman–Crippen MR) is 87.2 cm³/mol. The van der Waals surface area contributed by atoms with Crippen molar-refractivity contribution in [1.29, 1.82) is 0 Å². The van der Waals surface area contributed by atoms with Crippen molar-refractivity contribution in [1.82, 2.24) is 10.3 Å². The van der Waals surface area contributed by atoms with Gasteiger partial charge in [0.2, 0.25) is 0 Å². The molecule has 5 heteroatoms. The van der Waals surface area contributed by atoms with Crippen LogP contribution in [0.25, 0.3) is 0 Å². The monoisotopic (exact) mass is 299 g/mol. The number of nitrogens with one attached hydrogen (secondary N) is 2. The maximum atomic E-state index is 12.1. The molecule has 1 amide bonds. The van der Waals surface area contributed by atoms with Crippen LogP contribution in [0.4, 0.5) is 11.4 Å². The van der Waals surface area contributed by atoms with Crippen LogP contribution >= 0.6 is 0 Å². The van der Waals surface area contributed by atoms with Gasteiger partial charge in [-0.05, 0) is 56.2 Å². The molecule has 0 saturated carbocycles. The zero-order chi connectivity index (χ0) is 15.8. The predicted octanol–water partition coefficient (Wildman–Crippen LogP) is 2.72. The fraction of sp³-hybridized carbons (Fsp3) is 0.294. The first-order chi connectivity index (χ1) is 10.7. The second kappa shape index (κ2) is 8.14. The van der Waals surface area contributed by atoms with Crippen LogP contribution in [0.15, 0.2) is 48.8 Å². The highest BCUT2D eigenvalue weighted by molar-refractivity contribution is 5.94. The number of rotatable bonds is 7. The van der Waals surface area contributed by atoms with Gasteiger partial charge in [-0.2, -0.15) is 0 Å². The highest BCUT2D eigenvalue weighted by Crippen LogP contribution is 2.16. The van der Waals surface area contributed by atoms with Crippen LogP contribution in [0.5, 0.6) is 0 Å². The number of carbonyl (C=O) groups excluding carboxylic acids is 1. The number of carbonyl (C=O) groups is 1. The van der Waals surface area contributed by atoms with Gasteiger partial charge >= 0.3 is 0 Å². The van der Waals surface area contributed by atoms with Gasteiger partial charge in [-0.15, -0.1) is 0 Å². The Hall–Kier alpha value is -2.40. The normalized spacial score (nSPS) is 11.7. The maximum Gasteiger partial charge on any atom is 0.251 e. The van der Waals surface area contributed by atoms with E-state index in [1.54, 1.807) is 24.5 Å². The summed E-state index contributed by atoms with van der Waals surface area (Å²) in [5.74, 6) is -0.0964. The topological polar surface area (TPSA) is 74.2 Å². The Bertz CT molecular complexity index is 585. The van der Waals surface area contributed by atoms with Crippen LogP contribution in [0.3, 0.4) is 0 Å². The number of pyridine rings is 1. The van der Waals surface area contributed by atoms with Gasteiger partial charge in [0.05, 0.1) is 0 Å². The zero-order valence-corrected chi connectivity index (χ0v) is 12.6. The highest BCUT2D eigenvalue weighted by Gasteiger charge is 2.09. The minimum Gasteiger partial charge on any atom is -0.396 e. The van der Waals surface area contributed by atoms with Crippen molar-refractivity contribution in [3.05, 3.63) is 54.4 Å². The van der Waals surface area contributed by atoms with E-state index in [4.69, 9.17) is 5.11 Å². The van der Waals surface area contributed by atoms with Gasteiger partial charge in [0, 0.05) is 42.0 Å². The molecule has 2 rings (SSSR count). The van der Waals surface area contributed by atoms with Crippen molar-refractivity contribution >= 4 is 17.3 Å². The lowest BCUT2D eigenvalue weighted by atomic mass is 10.1. The Morgan fingerprint density at radius 3 is 2.41 bits per heavy atom. The Balaban J connectivity index is 1.92. The average Bonchev–Trinajstić information content (AvgIpc) is 2.54. The fourth-order valence-electron chi connectivity index (χ4n) is 2.08. The summed E-state index contributed by atoms with van der Waals surface area (Å²) >= 11 is 0. The molecule has 3 N–H and O–H groups in total. The molecule has 0 aliphatic carbocycles. The molecule has 0 fully saturated rings. The van der Waals surface area contributed by atoms with Gasteiger partial charge < -0.3 is 15.7 Å². The summed E-state index contributed by atoms with van der Waals surface area (Å²) in [5, 5.41) is 15.0. The van der Waals surface area contributed by atoms with Gasteiger partial charge in [0.25, 0.3) is 5.91 Å². The van der Waals surface area contributed by atoms with Gasteiger partial charge in [-0.3, -0.25) is 9.78 Å². The van der Waals surface area contributed by atoms with E-state index in [1.165, 1.54) is 0 Å². The van der Waals surface area contributed by atoms with E-state index in [1.807, 2.05) is 31.2 Å². The summed E-state index contributed by atoms with van der Waals surface area (Å²) in [4.78, 5) is 16.1. The Morgan fingerprint density at radius 2 is 1.77 bits per heavy atom. The number of amides is 1. The molecular weight excluding hydrogens is 278 g/mol. The average molecular weight is 299 g/mol. The van der Waals surface area contributed by atoms with Crippen molar-refractivity contribution < 1.29 is 9.90 Å². The lowest BCUT2D eigenvalue weighted by Gasteiger charge is -2.13. The molecule has 5 nitrogen and oxygen atoms in total. The first-order valence-corrected chi connectivity index (χ1v) is 7.38. The Labute approximate surface area is 130 Å².